The quantitative estimate of drug-likeness (QED) is 0.702. The van der Waals surface area contributed by atoms with Crippen LogP contribution in [0.1, 0.15) is 10.4 Å². The lowest BCUT2D eigenvalue weighted by Crippen LogP contribution is -2.21. The summed E-state index contributed by atoms with van der Waals surface area (Å²) in [4.78, 5) is 27.9. The first-order chi connectivity index (χ1) is 10.2. The summed E-state index contributed by atoms with van der Waals surface area (Å²) in [6.07, 6.45) is 1.50. The van der Waals surface area contributed by atoms with Crippen LogP contribution in [-0.2, 0) is 0 Å². The van der Waals surface area contributed by atoms with E-state index >= 15 is 0 Å². The number of amides is 1. The molecule has 0 aliphatic rings. The van der Waals surface area contributed by atoms with Gasteiger partial charge in [-0.15, -0.1) is 0 Å². The molecule has 2 N–H and O–H groups in total. The molecule has 0 saturated heterocycles. The molecular formula is C15H10N2O4. The number of hydrogen-bond acceptors (Lipinski definition) is 5. The second-order valence-corrected chi connectivity index (χ2v) is 4.28. The maximum absolute atomic E-state index is 12.1. The molecule has 3 aromatic rings. The molecule has 6 nitrogen and oxygen atoms in total. The second-order valence-electron chi connectivity index (χ2n) is 4.28. The molecule has 2 heterocycles. The minimum atomic E-state index is -0.903. The van der Waals surface area contributed by atoms with Crippen LogP contribution in [-0.4, -0.2) is 16.0 Å². The van der Waals surface area contributed by atoms with Crippen LogP contribution >= 0.6 is 0 Å². The van der Waals surface area contributed by atoms with Gasteiger partial charge in [0.1, 0.15) is 17.2 Å². The van der Waals surface area contributed by atoms with Crippen molar-refractivity contribution in [3.63, 3.8) is 0 Å². The van der Waals surface area contributed by atoms with Gasteiger partial charge < -0.3 is 14.8 Å². The zero-order chi connectivity index (χ0) is 14.8. The smallest absolute Gasteiger partial charge is 0.353 e. The largest absolute Gasteiger partial charge is 0.506 e. The summed E-state index contributed by atoms with van der Waals surface area (Å²) in [7, 11) is 0. The van der Waals surface area contributed by atoms with Crippen LogP contribution in [0.4, 0.5) is 5.82 Å². The highest BCUT2D eigenvalue weighted by atomic mass is 16.4. The number of rotatable bonds is 2. The van der Waals surface area contributed by atoms with Gasteiger partial charge in [-0.3, -0.25) is 4.79 Å². The molecule has 0 saturated carbocycles. The fraction of sp³-hybridized carbons (Fsp3) is 0. The Morgan fingerprint density at radius 3 is 2.67 bits per heavy atom. The molecule has 0 unspecified atom stereocenters. The number of nitrogens with zero attached hydrogens (tertiary/aromatic N) is 1. The van der Waals surface area contributed by atoms with E-state index in [1.165, 1.54) is 12.3 Å². The zero-order valence-corrected chi connectivity index (χ0v) is 10.7. The zero-order valence-electron chi connectivity index (χ0n) is 10.7. The highest BCUT2D eigenvalue weighted by molar-refractivity contribution is 6.08. The number of pyridine rings is 1. The molecule has 0 aliphatic carbocycles. The first-order valence-electron chi connectivity index (χ1n) is 6.14. The van der Waals surface area contributed by atoms with Crippen molar-refractivity contribution >= 4 is 22.7 Å². The molecule has 1 aromatic carbocycles. The van der Waals surface area contributed by atoms with Crippen LogP contribution in [0.25, 0.3) is 11.0 Å². The van der Waals surface area contributed by atoms with Gasteiger partial charge in [0.15, 0.2) is 5.56 Å². The summed E-state index contributed by atoms with van der Waals surface area (Å²) in [6, 6.07) is 11.4. The molecule has 1 amide bonds. The Bertz CT molecular complexity index is 872. The summed E-state index contributed by atoms with van der Waals surface area (Å²) in [5, 5.41) is 12.9. The van der Waals surface area contributed by atoms with Gasteiger partial charge in [-0.05, 0) is 24.3 Å². The number of carbonyl (C=O) groups excluding carboxylic acids is 1. The van der Waals surface area contributed by atoms with E-state index in [2.05, 4.69) is 10.3 Å². The summed E-state index contributed by atoms with van der Waals surface area (Å²) < 4.78 is 5.04. The Kier molecular flexibility index (Phi) is 3.12. The lowest BCUT2D eigenvalue weighted by atomic mass is 10.1. The van der Waals surface area contributed by atoms with E-state index in [-0.39, 0.29) is 11.4 Å². The fourth-order valence-electron chi connectivity index (χ4n) is 1.95. The summed E-state index contributed by atoms with van der Waals surface area (Å²) in [5.41, 5.74) is -1.13. The van der Waals surface area contributed by atoms with E-state index in [0.717, 1.165) is 0 Å². The van der Waals surface area contributed by atoms with Crippen molar-refractivity contribution < 1.29 is 14.3 Å². The maximum Gasteiger partial charge on any atom is 0.353 e. The Hall–Kier alpha value is -3.15. The molecule has 0 radical (unpaired) electrons. The first-order valence-corrected chi connectivity index (χ1v) is 6.14. The standard InChI is InChI=1S/C15H10N2O4/c18-13-9-5-1-2-6-10(9)21-15(20)12(13)14(19)17-11-7-3-4-8-16-11/h1-8,18H,(H,16,17,19). The molecule has 0 spiro atoms. The van der Waals surface area contributed by atoms with Crippen molar-refractivity contribution in [1.82, 2.24) is 4.98 Å². The van der Waals surface area contributed by atoms with E-state index < -0.39 is 22.8 Å². The molecule has 6 heteroatoms. The van der Waals surface area contributed by atoms with Crippen molar-refractivity contribution in [3.8, 4) is 5.75 Å². The number of nitrogens with one attached hydrogen (secondary N) is 1. The average molecular weight is 282 g/mol. The molecule has 0 atom stereocenters. The average Bonchev–Trinajstić information content (AvgIpc) is 2.48. The van der Waals surface area contributed by atoms with Crippen LogP contribution in [0.5, 0.6) is 5.75 Å². The predicted octanol–water partition coefficient (Wildman–Crippen LogP) is 2.15. The van der Waals surface area contributed by atoms with Gasteiger partial charge in [-0.25, -0.2) is 9.78 Å². The van der Waals surface area contributed by atoms with Gasteiger partial charge in [0, 0.05) is 6.20 Å². The number of anilines is 1. The fourth-order valence-corrected chi connectivity index (χ4v) is 1.95. The van der Waals surface area contributed by atoms with Gasteiger partial charge in [0.05, 0.1) is 5.39 Å². The molecule has 0 bridgehead atoms. The predicted molar refractivity (Wildman–Crippen MR) is 76.3 cm³/mol. The van der Waals surface area contributed by atoms with Crippen molar-refractivity contribution in [2.24, 2.45) is 0 Å². The van der Waals surface area contributed by atoms with E-state index in [9.17, 15) is 14.7 Å². The van der Waals surface area contributed by atoms with Crippen LogP contribution in [0.2, 0.25) is 0 Å². The Morgan fingerprint density at radius 2 is 1.90 bits per heavy atom. The number of para-hydroxylation sites is 1. The Balaban J connectivity index is 2.08. The monoisotopic (exact) mass is 282 g/mol. The van der Waals surface area contributed by atoms with Crippen molar-refractivity contribution in [3.05, 3.63) is 64.6 Å². The first kappa shape index (κ1) is 12.9. The van der Waals surface area contributed by atoms with Crippen LogP contribution < -0.4 is 10.9 Å². The highest BCUT2D eigenvalue weighted by Gasteiger charge is 2.21. The topological polar surface area (TPSA) is 92.4 Å². The summed E-state index contributed by atoms with van der Waals surface area (Å²) in [5.74, 6) is -0.907. The number of carbonyl (C=O) groups is 1. The molecule has 3 rings (SSSR count). The molecule has 2 aromatic heterocycles. The minimum absolute atomic E-state index is 0.217. The van der Waals surface area contributed by atoms with E-state index in [1.807, 2.05) is 0 Å². The van der Waals surface area contributed by atoms with Crippen molar-refractivity contribution in [2.75, 3.05) is 5.32 Å². The highest BCUT2D eigenvalue weighted by Crippen LogP contribution is 2.26. The minimum Gasteiger partial charge on any atom is -0.506 e. The number of benzene rings is 1. The molecule has 0 fully saturated rings. The van der Waals surface area contributed by atoms with Crippen LogP contribution in [0.3, 0.4) is 0 Å². The van der Waals surface area contributed by atoms with Gasteiger partial charge in [-0.1, -0.05) is 18.2 Å². The second kappa shape index (κ2) is 5.09. The van der Waals surface area contributed by atoms with Crippen LogP contribution in [0, 0.1) is 0 Å². The Labute approximate surface area is 118 Å². The number of aromatic nitrogens is 1. The number of aromatic hydroxyl groups is 1. The molecule has 104 valence electrons. The van der Waals surface area contributed by atoms with Crippen molar-refractivity contribution in [1.29, 1.82) is 0 Å². The molecule has 0 aliphatic heterocycles. The van der Waals surface area contributed by atoms with Gasteiger partial charge >= 0.3 is 5.63 Å². The maximum atomic E-state index is 12.1. The lowest BCUT2D eigenvalue weighted by molar-refractivity contribution is 0.102. The van der Waals surface area contributed by atoms with Gasteiger partial charge in [0.25, 0.3) is 5.91 Å². The number of fused-ring (bicyclic) bond motifs is 1. The molecular weight excluding hydrogens is 272 g/mol. The van der Waals surface area contributed by atoms with Crippen LogP contribution in [0.15, 0.2) is 57.9 Å². The lowest BCUT2D eigenvalue weighted by Gasteiger charge is -2.06. The number of hydrogen-bond donors (Lipinski definition) is 2. The van der Waals surface area contributed by atoms with E-state index in [0.29, 0.717) is 5.39 Å². The summed E-state index contributed by atoms with van der Waals surface area (Å²) >= 11 is 0. The molecule has 21 heavy (non-hydrogen) atoms. The van der Waals surface area contributed by atoms with E-state index in [1.54, 1.807) is 36.4 Å². The van der Waals surface area contributed by atoms with Gasteiger partial charge in [-0.2, -0.15) is 0 Å². The third kappa shape index (κ3) is 2.34. The van der Waals surface area contributed by atoms with Gasteiger partial charge in [0.2, 0.25) is 0 Å². The summed E-state index contributed by atoms with van der Waals surface area (Å²) in [6.45, 7) is 0. The van der Waals surface area contributed by atoms with Crippen molar-refractivity contribution in [2.45, 2.75) is 0 Å². The normalized spacial score (nSPS) is 10.5. The van der Waals surface area contributed by atoms with E-state index in [4.69, 9.17) is 4.42 Å². The third-order valence-electron chi connectivity index (χ3n) is 2.92. The SMILES string of the molecule is O=C(Nc1ccccn1)c1c(O)c2ccccc2oc1=O. The third-order valence-corrected chi connectivity index (χ3v) is 2.92. The Morgan fingerprint density at radius 1 is 1.14 bits per heavy atom.